The van der Waals surface area contributed by atoms with E-state index in [1.54, 1.807) is 0 Å². The molecule has 0 bridgehead atoms. The second-order valence-corrected chi connectivity index (χ2v) is 5.40. The number of nitrogens with one attached hydrogen (secondary N) is 1. The quantitative estimate of drug-likeness (QED) is 0.874. The SMILES string of the molecule is CCOc1cc(NC(C)C)nc(C(C)(C)C)n1. The standard InChI is InChI=1S/C13H23N3O/c1-7-17-11-8-10(14-9(2)3)15-12(16-11)13(4,5)6/h8-9H,7H2,1-6H3,(H,14,15,16). The van der Waals surface area contributed by atoms with Crippen LogP contribution in [0.15, 0.2) is 6.07 Å². The van der Waals surface area contributed by atoms with E-state index in [0.717, 1.165) is 11.6 Å². The Morgan fingerprint density at radius 2 is 1.94 bits per heavy atom. The molecule has 0 saturated heterocycles. The minimum absolute atomic E-state index is 0.0828. The lowest BCUT2D eigenvalue weighted by atomic mass is 9.96. The highest BCUT2D eigenvalue weighted by atomic mass is 16.5. The number of ether oxygens (including phenoxy) is 1. The van der Waals surface area contributed by atoms with Crippen LogP contribution in [-0.4, -0.2) is 22.6 Å². The Labute approximate surface area is 104 Å². The minimum Gasteiger partial charge on any atom is -0.478 e. The van der Waals surface area contributed by atoms with Crippen molar-refractivity contribution < 1.29 is 4.74 Å². The molecule has 17 heavy (non-hydrogen) atoms. The number of anilines is 1. The summed E-state index contributed by atoms with van der Waals surface area (Å²) in [6.45, 7) is 13.0. The van der Waals surface area contributed by atoms with Crippen molar-refractivity contribution in [2.24, 2.45) is 0 Å². The molecule has 1 aromatic heterocycles. The Kier molecular flexibility index (Phi) is 4.32. The third-order valence-electron chi connectivity index (χ3n) is 2.10. The molecule has 4 nitrogen and oxygen atoms in total. The first kappa shape index (κ1) is 13.7. The van der Waals surface area contributed by atoms with Gasteiger partial charge in [-0.25, -0.2) is 4.98 Å². The number of hydrogen-bond donors (Lipinski definition) is 1. The van der Waals surface area contributed by atoms with Crippen LogP contribution in [0, 0.1) is 0 Å². The number of nitrogens with zero attached hydrogens (tertiary/aromatic N) is 2. The summed E-state index contributed by atoms with van der Waals surface area (Å²) in [6.07, 6.45) is 0. The predicted molar refractivity (Wildman–Crippen MR) is 70.7 cm³/mol. The summed E-state index contributed by atoms with van der Waals surface area (Å²) in [6, 6.07) is 2.19. The van der Waals surface area contributed by atoms with Gasteiger partial charge in [-0.05, 0) is 20.8 Å². The van der Waals surface area contributed by atoms with Gasteiger partial charge in [0.15, 0.2) is 0 Å². The van der Waals surface area contributed by atoms with Gasteiger partial charge in [-0.2, -0.15) is 4.98 Å². The molecule has 0 atom stereocenters. The molecule has 0 amide bonds. The van der Waals surface area contributed by atoms with E-state index in [1.165, 1.54) is 0 Å². The van der Waals surface area contributed by atoms with Crippen molar-refractivity contribution in [2.75, 3.05) is 11.9 Å². The van der Waals surface area contributed by atoms with E-state index in [2.05, 4.69) is 49.9 Å². The monoisotopic (exact) mass is 237 g/mol. The normalized spacial score (nSPS) is 11.7. The molecule has 1 N–H and O–H groups in total. The molecule has 1 aromatic rings. The number of rotatable bonds is 4. The highest BCUT2D eigenvalue weighted by Crippen LogP contribution is 2.23. The van der Waals surface area contributed by atoms with Crippen LogP contribution in [0.5, 0.6) is 5.88 Å². The summed E-state index contributed by atoms with van der Waals surface area (Å²) in [5, 5.41) is 3.28. The van der Waals surface area contributed by atoms with E-state index in [-0.39, 0.29) is 5.41 Å². The van der Waals surface area contributed by atoms with Crippen molar-refractivity contribution >= 4 is 5.82 Å². The molecule has 0 radical (unpaired) electrons. The van der Waals surface area contributed by atoms with Gasteiger partial charge >= 0.3 is 0 Å². The molecule has 0 aliphatic heterocycles. The molecular formula is C13H23N3O. The van der Waals surface area contributed by atoms with Crippen molar-refractivity contribution in [1.82, 2.24) is 9.97 Å². The molecule has 0 unspecified atom stereocenters. The fraction of sp³-hybridized carbons (Fsp3) is 0.692. The predicted octanol–water partition coefficient (Wildman–Crippen LogP) is 2.99. The second kappa shape index (κ2) is 5.34. The van der Waals surface area contributed by atoms with Crippen molar-refractivity contribution in [3.8, 4) is 5.88 Å². The maximum Gasteiger partial charge on any atom is 0.218 e. The minimum atomic E-state index is -0.0828. The van der Waals surface area contributed by atoms with Crippen LogP contribution in [-0.2, 0) is 5.41 Å². The summed E-state index contributed by atoms with van der Waals surface area (Å²) < 4.78 is 5.47. The molecule has 96 valence electrons. The zero-order valence-electron chi connectivity index (χ0n) is 11.7. The molecule has 0 fully saturated rings. The third kappa shape index (κ3) is 4.21. The first-order valence-electron chi connectivity index (χ1n) is 6.12. The number of aromatic nitrogens is 2. The fourth-order valence-electron chi connectivity index (χ4n) is 1.35. The highest BCUT2D eigenvalue weighted by molar-refractivity contribution is 5.40. The summed E-state index contributed by atoms with van der Waals surface area (Å²) in [5.41, 5.74) is -0.0828. The maximum absolute atomic E-state index is 5.47. The van der Waals surface area contributed by atoms with Crippen LogP contribution < -0.4 is 10.1 Å². The number of hydrogen-bond acceptors (Lipinski definition) is 4. The molecule has 0 aliphatic rings. The topological polar surface area (TPSA) is 47.0 Å². The Bertz CT molecular complexity index is 369. The van der Waals surface area contributed by atoms with Gasteiger partial charge in [0, 0.05) is 17.5 Å². The zero-order chi connectivity index (χ0) is 13.1. The van der Waals surface area contributed by atoms with Crippen molar-refractivity contribution in [2.45, 2.75) is 53.0 Å². The lowest BCUT2D eigenvalue weighted by Crippen LogP contribution is -2.19. The van der Waals surface area contributed by atoms with Gasteiger partial charge in [0.2, 0.25) is 5.88 Å². The summed E-state index contributed by atoms with van der Waals surface area (Å²) in [5.74, 6) is 2.26. The van der Waals surface area contributed by atoms with E-state index in [9.17, 15) is 0 Å². The fourth-order valence-corrected chi connectivity index (χ4v) is 1.35. The Balaban J connectivity index is 3.09. The van der Waals surface area contributed by atoms with Gasteiger partial charge in [0.1, 0.15) is 11.6 Å². The van der Waals surface area contributed by atoms with Gasteiger partial charge in [-0.1, -0.05) is 20.8 Å². The second-order valence-electron chi connectivity index (χ2n) is 5.40. The molecule has 0 aliphatic carbocycles. The van der Waals surface area contributed by atoms with Gasteiger partial charge in [0.05, 0.1) is 6.61 Å². The van der Waals surface area contributed by atoms with Gasteiger partial charge in [-0.3, -0.25) is 0 Å². The van der Waals surface area contributed by atoms with Gasteiger partial charge < -0.3 is 10.1 Å². The first-order valence-corrected chi connectivity index (χ1v) is 6.12. The van der Waals surface area contributed by atoms with E-state index in [4.69, 9.17) is 4.74 Å². The summed E-state index contributed by atoms with van der Waals surface area (Å²) in [7, 11) is 0. The maximum atomic E-state index is 5.47. The van der Waals surface area contributed by atoms with Crippen LogP contribution in [0.4, 0.5) is 5.82 Å². The Hall–Kier alpha value is -1.32. The van der Waals surface area contributed by atoms with Gasteiger partial charge in [0.25, 0.3) is 0 Å². The lowest BCUT2D eigenvalue weighted by Gasteiger charge is -2.19. The molecule has 4 heteroatoms. The third-order valence-corrected chi connectivity index (χ3v) is 2.10. The molecule has 1 heterocycles. The van der Waals surface area contributed by atoms with Crippen LogP contribution in [0.2, 0.25) is 0 Å². The average molecular weight is 237 g/mol. The summed E-state index contributed by atoms with van der Waals surface area (Å²) in [4.78, 5) is 8.95. The molecule has 0 aromatic carbocycles. The highest BCUT2D eigenvalue weighted by Gasteiger charge is 2.19. The molecular weight excluding hydrogens is 214 g/mol. The Morgan fingerprint density at radius 1 is 1.29 bits per heavy atom. The first-order chi connectivity index (χ1) is 7.82. The molecule has 0 saturated carbocycles. The van der Waals surface area contributed by atoms with Crippen molar-refractivity contribution in [3.63, 3.8) is 0 Å². The van der Waals surface area contributed by atoms with E-state index in [0.29, 0.717) is 18.5 Å². The van der Waals surface area contributed by atoms with Crippen LogP contribution in [0.1, 0.15) is 47.4 Å². The zero-order valence-corrected chi connectivity index (χ0v) is 11.7. The van der Waals surface area contributed by atoms with Crippen LogP contribution in [0.25, 0.3) is 0 Å². The molecule has 1 rings (SSSR count). The van der Waals surface area contributed by atoms with Crippen molar-refractivity contribution in [1.29, 1.82) is 0 Å². The summed E-state index contributed by atoms with van der Waals surface area (Å²) >= 11 is 0. The van der Waals surface area contributed by atoms with Crippen LogP contribution >= 0.6 is 0 Å². The lowest BCUT2D eigenvalue weighted by molar-refractivity contribution is 0.322. The van der Waals surface area contributed by atoms with Crippen LogP contribution in [0.3, 0.4) is 0 Å². The average Bonchev–Trinajstić information content (AvgIpc) is 2.15. The van der Waals surface area contributed by atoms with Gasteiger partial charge in [-0.15, -0.1) is 0 Å². The van der Waals surface area contributed by atoms with E-state index in [1.807, 2.05) is 13.0 Å². The van der Waals surface area contributed by atoms with Crippen molar-refractivity contribution in [3.05, 3.63) is 11.9 Å². The smallest absolute Gasteiger partial charge is 0.218 e. The molecule has 0 spiro atoms. The largest absolute Gasteiger partial charge is 0.478 e. The Morgan fingerprint density at radius 3 is 2.41 bits per heavy atom. The van der Waals surface area contributed by atoms with E-state index >= 15 is 0 Å². The van der Waals surface area contributed by atoms with E-state index < -0.39 is 0 Å².